The molecule has 5 heteroatoms. The fourth-order valence-corrected chi connectivity index (χ4v) is 3.24. The third-order valence-electron chi connectivity index (χ3n) is 2.30. The molecule has 0 aliphatic rings. The van der Waals surface area contributed by atoms with Gasteiger partial charge >= 0.3 is 0 Å². The molecule has 1 nitrogen and oxygen atoms in total. The van der Waals surface area contributed by atoms with Crippen molar-refractivity contribution in [1.82, 2.24) is 0 Å². The van der Waals surface area contributed by atoms with Crippen molar-refractivity contribution >= 4 is 59.4 Å². The molecule has 0 unspecified atom stereocenters. The molecule has 0 N–H and O–H groups in total. The molecule has 0 fully saturated rings. The number of halogens is 4. The SMILES string of the molecule is Clc1cccc(CBr)c1Oc1ccc(Br)cc1Br. The second-order valence-corrected chi connectivity index (χ2v) is 6.28. The van der Waals surface area contributed by atoms with E-state index in [1.165, 1.54) is 0 Å². The van der Waals surface area contributed by atoms with Gasteiger partial charge in [-0.2, -0.15) is 0 Å². The Morgan fingerprint density at radius 1 is 1.11 bits per heavy atom. The summed E-state index contributed by atoms with van der Waals surface area (Å²) < 4.78 is 7.75. The lowest BCUT2D eigenvalue weighted by Gasteiger charge is -2.12. The molecule has 18 heavy (non-hydrogen) atoms. The first-order valence-corrected chi connectivity index (χ1v) is 8.16. The average molecular weight is 455 g/mol. The summed E-state index contributed by atoms with van der Waals surface area (Å²) in [7, 11) is 0. The highest BCUT2D eigenvalue weighted by Crippen LogP contribution is 2.37. The van der Waals surface area contributed by atoms with Gasteiger partial charge in [0.15, 0.2) is 0 Å². The van der Waals surface area contributed by atoms with Crippen LogP contribution < -0.4 is 4.74 Å². The van der Waals surface area contributed by atoms with Gasteiger partial charge in [0.2, 0.25) is 0 Å². The lowest BCUT2D eigenvalue weighted by atomic mass is 10.2. The molecule has 0 aromatic heterocycles. The van der Waals surface area contributed by atoms with Gasteiger partial charge in [-0.15, -0.1) is 0 Å². The molecule has 2 rings (SSSR count). The van der Waals surface area contributed by atoms with Gasteiger partial charge < -0.3 is 4.74 Å². The molecule has 0 aliphatic carbocycles. The Morgan fingerprint density at radius 2 is 1.89 bits per heavy atom. The second kappa shape index (κ2) is 6.42. The van der Waals surface area contributed by atoms with Crippen LogP contribution in [0.15, 0.2) is 45.3 Å². The normalized spacial score (nSPS) is 10.4. The maximum Gasteiger partial charge on any atom is 0.150 e. The third-order valence-corrected chi connectivity index (χ3v) is 4.31. The van der Waals surface area contributed by atoms with Crippen LogP contribution >= 0.6 is 59.4 Å². The Labute approximate surface area is 136 Å². The van der Waals surface area contributed by atoms with E-state index in [1.807, 2.05) is 36.4 Å². The number of ether oxygens (including phenoxy) is 1. The zero-order chi connectivity index (χ0) is 13.1. The molecule has 0 atom stereocenters. The molecular weight excluding hydrogens is 447 g/mol. The summed E-state index contributed by atoms with van der Waals surface area (Å²) in [6.45, 7) is 0. The summed E-state index contributed by atoms with van der Waals surface area (Å²) in [5, 5.41) is 1.29. The first kappa shape index (κ1) is 14.4. The number of para-hydroxylation sites is 1. The Balaban J connectivity index is 2.39. The first-order valence-electron chi connectivity index (χ1n) is 5.08. The van der Waals surface area contributed by atoms with Crippen molar-refractivity contribution in [2.75, 3.05) is 0 Å². The highest BCUT2D eigenvalue weighted by molar-refractivity contribution is 9.11. The lowest BCUT2D eigenvalue weighted by Crippen LogP contribution is -1.91. The maximum atomic E-state index is 6.17. The van der Waals surface area contributed by atoms with Crippen LogP contribution in [0, 0.1) is 0 Å². The first-order chi connectivity index (χ1) is 8.61. The van der Waals surface area contributed by atoms with E-state index in [1.54, 1.807) is 0 Å². The van der Waals surface area contributed by atoms with Gasteiger partial charge in [0, 0.05) is 15.4 Å². The molecule has 0 bridgehead atoms. The Morgan fingerprint density at radius 3 is 2.56 bits per heavy atom. The fourth-order valence-electron chi connectivity index (χ4n) is 1.44. The molecule has 0 spiro atoms. The zero-order valence-electron chi connectivity index (χ0n) is 9.09. The van der Waals surface area contributed by atoms with Crippen molar-refractivity contribution < 1.29 is 4.74 Å². The summed E-state index contributed by atoms with van der Waals surface area (Å²) >= 11 is 16.5. The van der Waals surface area contributed by atoms with Gasteiger partial charge in [-0.05, 0) is 40.2 Å². The Bertz CT molecular complexity index is 572. The highest BCUT2D eigenvalue weighted by Gasteiger charge is 2.10. The Hall–Kier alpha value is -0.0300. The van der Waals surface area contributed by atoms with E-state index >= 15 is 0 Å². The van der Waals surface area contributed by atoms with E-state index in [9.17, 15) is 0 Å². The van der Waals surface area contributed by atoms with E-state index in [0.717, 1.165) is 20.3 Å². The molecule has 2 aromatic rings. The minimum Gasteiger partial charge on any atom is -0.454 e. The predicted octanol–water partition coefficient (Wildman–Crippen LogP) is 6.55. The summed E-state index contributed by atoms with van der Waals surface area (Å²) in [5.74, 6) is 1.41. The van der Waals surface area contributed by atoms with Gasteiger partial charge in [-0.25, -0.2) is 0 Å². The van der Waals surface area contributed by atoms with Crippen LogP contribution in [0.3, 0.4) is 0 Å². The van der Waals surface area contributed by atoms with Crippen LogP contribution in [-0.2, 0) is 5.33 Å². The standard InChI is InChI=1S/C13H8Br3ClO/c14-7-8-2-1-3-11(17)13(8)18-12-5-4-9(15)6-10(12)16/h1-6H,7H2. The topological polar surface area (TPSA) is 9.23 Å². The zero-order valence-corrected chi connectivity index (χ0v) is 14.6. The van der Waals surface area contributed by atoms with E-state index < -0.39 is 0 Å². The summed E-state index contributed by atoms with van der Waals surface area (Å²) in [6.07, 6.45) is 0. The number of alkyl halides is 1. The van der Waals surface area contributed by atoms with Crippen molar-refractivity contribution in [1.29, 1.82) is 0 Å². The van der Waals surface area contributed by atoms with Crippen LogP contribution in [0.4, 0.5) is 0 Å². The minimum atomic E-state index is 0.599. The van der Waals surface area contributed by atoms with E-state index in [-0.39, 0.29) is 0 Å². The van der Waals surface area contributed by atoms with Crippen LogP contribution in [0.1, 0.15) is 5.56 Å². The van der Waals surface area contributed by atoms with Crippen LogP contribution in [0.5, 0.6) is 11.5 Å². The molecule has 0 radical (unpaired) electrons. The quantitative estimate of drug-likeness (QED) is 0.477. The van der Waals surface area contributed by atoms with Crippen molar-refractivity contribution in [2.24, 2.45) is 0 Å². The van der Waals surface area contributed by atoms with E-state index in [4.69, 9.17) is 16.3 Å². The molecule has 2 aromatic carbocycles. The van der Waals surface area contributed by atoms with Gasteiger partial charge in [-0.1, -0.05) is 55.6 Å². The van der Waals surface area contributed by atoms with Gasteiger partial charge in [0.1, 0.15) is 11.5 Å². The van der Waals surface area contributed by atoms with Crippen LogP contribution in [0.25, 0.3) is 0 Å². The maximum absolute atomic E-state index is 6.17. The highest BCUT2D eigenvalue weighted by atomic mass is 79.9. The molecule has 94 valence electrons. The summed E-state index contributed by atoms with van der Waals surface area (Å²) in [4.78, 5) is 0. The minimum absolute atomic E-state index is 0.599. The van der Waals surface area contributed by atoms with Crippen LogP contribution in [-0.4, -0.2) is 0 Å². The second-order valence-electron chi connectivity index (χ2n) is 3.54. The molecule has 0 saturated heterocycles. The number of hydrogen-bond donors (Lipinski definition) is 0. The average Bonchev–Trinajstić information content (AvgIpc) is 2.34. The molecule has 0 amide bonds. The monoisotopic (exact) mass is 452 g/mol. The van der Waals surface area contributed by atoms with E-state index in [0.29, 0.717) is 16.1 Å². The van der Waals surface area contributed by atoms with Crippen molar-refractivity contribution in [3.63, 3.8) is 0 Å². The molecule has 0 aliphatic heterocycles. The third kappa shape index (κ3) is 3.29. The van der Waals surface area contributed by atoms with Gasteiger partial charge in [0.25, 0.3) is 0 Å². The predicted molar refractivity (Wildman–Crippen MR) is 86.0 cm³/mol. The fraction of sp³-hybridized carbons (Fsp3) is 0.0769. The number of rotatable bonds is 3. The summed E-state index contributed by atoms with van der Waals surface area (Å²) in [5.41, 5.74) is 1.01. The molecule has 0 heterocycles. The van der Waals surface area contributed by atoms with Crippen LogP contribution in [0.2, 0.25) is 5.02 Å². The van der Waals surface area contributed by atoms with Gasteiger partial charge in [-0.3, -0.25) is 0 Å². The Kier molecular flexibility index (Phi) is 5.13. The van der Waals surface area contributed by atoms with Gasteiger partial charge in [0.05, 0.1) is 9.50 Å². The number of hydrogen-bond acceptors (Lipinski definition) is 1. The molecule has 0 saturated carbocycles. The van der Waals surface area contributed by atoms with Crippen molar-refractivity contribution in [3.05, 3.63) is 55.9 Å². The largest absolute Gasteiger partial charge is 0.454 e. The number of benzene rings is 2. The lowest BCUT2D eigenvalue weighted by molar-refractivity contribution is 0.476. The van der Waals surface area contributed by atoms with Crippen molar-refractivity contribution in [2.45, 2.75) is 5.33 Å². The molecular formula is C13H8Br3ClO. The summed E-state index contributed by atoms with van der Waals surface area (Å²) in [6, 6.07) is 11.4. The van der Waals surface area contributed by atoms with E-state index in [2.05, 4.69) is 47.8 Å². The smallest absolute Gasteiger partial charge is 0.150 e. The van der Waals surface area contributed by atoms with Crippen molar-refractivity contribution in [3.8, 4) is 11.5 Å².